The quantitative estimate of drug-likeness (QED) is 0.678. The van der Waals surface area contributed by atoms with Gasteiger partial charge in [0, 0.05) is 29.9 Å². The number of phenolic OH excluding ortho intramolecular Hbond substituents is 1. The van der Waals surface area contributed by atoms with Crippen LogP contribution in [-0.4, -0.2) is 23.0 Å². The summed E-state index contributed by atoms with van der Waals surface area (Å²) in [5.74, 6) is -0.0346. The van der Waals surface area contributed by atoms with Gasteiger partial charge in [-0.1, -0.05) is 36.4 Å². The summed E-state index contributed by atoms with van der Waals surface area (Å²) in [6, 6.07) is 23.4. The highest BCUT2D eigenvalue weighted by Gasteiger charge is 2.38. The van der Waals surface area contributed by atoms with E-state index in [4.69, 9.17) is 0 Å². The molecule has 5 heteroatoms. The number of carbonyl (C=O) groups excluding carboxylic acids is 2. The maximum absolute atomic E-state index is 13.3. The molecule has 1 N–H and O–H groups in total. The summed E-state index contributed by atoms with van der Waals surface area (Å²) in [5.41, 5.74) is 3.11. The lowest BCUT2D eigenvalue weighted by Crippen LogP contribution is -2.47. The minimum Gasteiger partial charge on any atom is -0.508 e. The molecular formula is C25H24N2O3. The van der Waals surface area contributed by atoms with E-state index in [1.54, 1.807) is 24.0 Å². The van der Waals surface area contributed by atoms with Gasteiger partial charge in [-0.15, -0.1) is 0 Å². The number of anilines is 2. The minimum atomic E-state index is -0.167. The topological polar surface area (TPSA) is 60.9 Å². The summed E-state index contributed by atoms with van der Waals surface area (Å²) >= 11 is 0. The smallest absolute Gasteiger partial charge is 0.258 e. The molecule has 0 spiro atoms. The van der Waals surface area contributed by atoms with Gasteiger partial charge >= 0.3 is 0 Å². The average molecular weight is 400 g/mol. The van der Waals surface area contributed by atoms with E-state index in [1.165, 1.54) is 12.1 Å². The van der Waals surface area contributed by atoms with Gasteiger partial charge in [0.25, 0.3) is 5.91 Å². The molecule has 0 aliphatic carbocycles. The predicted molar refractivity (Wildman–Crippen MR) is 118 cm³/mol. The number of hydrogen-bond donors (Lipinski definition) is 1. The van der Waals surface area contributed by atoms with Crippen molar-refractivity contribution >= 4 is 23.2 Å². The molecule has 0 fully saturated rings. The first-order chi connectivity index (χ1) is 14.5. The summed E-state index contributed by atoms with van der Waals surface area (Å²) in [6.07, 6.45) is 0.620. The van der Waals surface area contributed by atoms with Crippen molar-refractivity contribution in [3.63, 3.8) is 0 Å². The number of carbonyl (C=O) groups is 2. The van der Waals surface area contributed by atoms with Crippen LogP contribution in [0.1, 0.15) is 42.2 Å². The van der Waals surface area contributed by atoms with Gasteiger partial charge in [-0.3, -0.25) is 9.59 Å². The molecule has 0 saturated carbocycles. The van der Waals surface area contributed by atoms with Gasteiger partial charge in [0.15, 0.2) is 0 Å². The average Bonchev–Trinajstić information content (AvgIpc) is 2.74. The third-order valence-electron chi connectivity index (χ3n) is 5.58. The summed E-state index contributed by atoms with van der Waals surface area (Å²) in [6.45, 7) is 3.58. The maximum atomic E-state index is 13.3. The summed E-state index contributed by atoms with van der Waals surface area (Å²) < 4.78 is 0. The molecule has 152 valence electrons. The van der Waals surface area contributed by atoms with Gasteiger partial charge in [0.1, 0.15) is 5.75 Å². The highest BCUT2D eigenvalue weighted by atomic mass is 16.3. The van der Waals surface area contributed by atoms with E-state index in [2.05, 4.69) is 0 Å². The van der Waals surface area contributed by atoms with Crippen molar-refractivity contribution in [3.05, 3.63) is 90.0 Å². The Hall–Kier alpha value is -3.60. The molecule has 30 heavy (non-hydrogen) atoms. The van der Waals surface area contributed by atoms with Gasteiger partial charge in [-0.05, 0) is 61.4 Å². The maximum Gasteiger partial charge on any atom is 0.258 e. The molecule has 3 aromatic rings. The van der Waals surface area contributed by atoms with Crippen LogP contribution in [0.15, 0.2) is 78.9 Å². The molecule has 2 amide bonds. The first-order valence-electron chi connectivity index (χ1n) is 10.0. The fourth-order valence-corrected chi connectivity index (χ4v) is 4.25. The van der Waals surface area contributed by atoms with Gasteiger partial charge in [0.05, 0.1) is 6.04 Å². The molecule has 4 rings (SSSR count). The van der Waals surface area contributed by atoms with E-state index in [0.29, 0.717) is 12.0 Å². The SMILES string of the molecule is CC(=O)N(c1ccccc1)C1CC(C)N(C(=O)c2ccc(O)cc2)c2ccccc21. The van der Waals surface area contributed by atoms with Crippen LogP contribution in [0.25, 0.3) is 0 Å². The molecule has 2 atom stereocenters. The first kappa shape index (κ1) is 19.7. The Kier molecular flexibility index (Phi) is 5.27. The summed E-state index contributed by atoms with van der Waals surface area (Å²) in [4.78, 5) is 29.6. The molecule has 2 unspecified atom stereocenters. The van der Waals surface area contributed by atoms with E-state index in [0.717, 1.165) is 16.9 Å². The van der Waals surface area contributed by atoms with Crippen molar-refractivity contribution in [2.45, 2.75) is 32.4 Å². The van der Waals surface area contributed by atoms with Crippen LogP contribution in [0.2, 0.25) is 0 Å². The molecule has 0 bridgehead atoms. The Bertz CT molecular complexity index is 1060. The standard InChI is InChI=1S/C25H24N2O3/c1-17-16-24(27(18(2)28)20-8-4-3-5-9-20)22-10-6-7-11-23(22)26(17)25(30)19-12-14-21(29)15-13-19/h3-15,17,24,29H,16H2,1-2H3. The molecule has 1 aliphatic heterocycles. The lowest BCUT2D eigenvalue weighted by atomic mass is 9.89. The van der Waals surface area contributed by atoms with Crippen LogP contribution in [0, 0.1) is 0 Å². The largest absolute Gasteiger partial charge is 0.508 e. The van der Waals surface area contributed by atoms with Gasteiger partial charge in [0.2, 0.25) is 5.91 Å². The third kappa shape index (κ3) is 3.54. The predicted octanol–water partition coefficient (Wildman–Crippen LogP) is 4.93. The molecule has 3 aromatic carbocycles. The number of nitrogens with zero attached hydrogens (tertiary/aromatic N) is 2. The first-order valence-corrected chi connectivity index (χ1v) is 10.0. The van der Waals surface area contributed by atoms with Crippen LogP contribution in [0.4, 0.5) is 11.4 Å². The Labute approximate surface area is 176 Å². The minimum absolute atomic E-state index is 0.0356. The molecular weight excluding hydrogens is 376 g/mol. The van der Waals surface area contributed by atoms with Crippen LogP contribution >= 0.6 is 0 Å². The molecule has 0 radical (unpaired) electrons. The number of hydrogen-bond acceptors (Lipinski definition) is 3. The normalized spacial score (nSPS) is 17.9. The third-order valence-corrected chi connectivity index (χ3v) is 5.58. The molecule has 1 aliphatic rings. The van der Waals surface area contributed by atoms with E-state index in [1.807, 2.05) is 66.4 Å². The zero-order valence-electron chi connectivity index (χ0n) is 17.0. The Morgan fingerprint density at radius 2 is 1.57 bits per heavy atom. The number of benzene rings is 3. The number of aromatic hydroxyl groups is 1. The number of phenols is 1. The zero-order chi connectivity index (χ0) is 21.3. The van der Waals surface area contributed by atoms with Crippen LogP contribution in [-0.2, 0) is 4.79 Å². The van der Waals surface area contributed by atoms with Crippen molar-refractivity contribution in [1.29, 1.82) is 0 Å². The second-order valence-corrected chi connectivity index (χ2v) is 7.61. The summed E-state index contributed by atoms with van der Waals surface area (Å²) in [5, 5.41) is 9.55. The van der Waals surface area contributed by atoms with Crippen molar-refractivity contribution in [3.8, 4) is 5.75 Å². The molecule has 1 heterocycles. The number of amides is 2. The second kappa shape index (κ2) is 8.03. The van der Waals surface area contributed by atoms with Crippen LogP contribution < -0.4 is 9.80 Å². The monoisotopic (exact) mass is 400 g/mol. The molecule has 5 nitrogen and oxygen atoms in total. The Morgan fingerprint density at radius 1 is 0.933 bits per heavy atom. The van der Waals surface area contributed by atoms with Crippen LogP contribution in [0.3, 0.4) is 0 Å². The Balaban J connectivity index is 1.77. The van der Waals surface area contributed by atoms with Gasteiger partial charge in [-0.25, -0.2) is 0 Å². The molecule has 0 aromatic heterocycles. The highest BCUT2D eigenvalue weighted by Crippen LogP contribution is 2.42. The van der Waals surface area contributed by atoms with E-state index >= 15 is 0 Å². The highest BCUT2D eigenvalue weighted by molar-refractivity contribution is 6.07. The number of para-hydroxylation sites is 2. The lowest BCUT2D eigenvalue weighted by molar-refractivity contribution is -0.117. The van der Waals surface area contributed by atoms with E-state index < -0.39 is 0 Å². The fraction of sp³-hybridized carbons (Fsp3) is 0.200. The molecule has 0 saturated heterocycles. The van der Waals surface area contributed by atoms with Gasteiger partial charge in [-0.2, -0.15) is 0 Å². The van der Waals surface area contributed by atoms with Crippen molar-refractivity contribution in [2.75, 3.05) is 9.80 Å². The second-order valence-electron chi connectivity index (χ2n) is 7.61. The van der Waals surface area contributed by atoms with E-state index in [-0.39, 0.29) is 29.6 Å². The van der Waals surface area contributed by atoms with Gasteiger partial charge < -0.3 is 14.9 Å². The van der Waals surface area contributed by atoms with E-state index in [9.17, 15) is 14.7 Å². The number of fused-ring (bicyclic) bond motifs is 1. The summed E-state index contributed by atoms with van der Waals surface area (Å²) in [7, 11) is 0. The van der Waals surface area contributed by atoms with Crippen molar-refractivity contribution < 1.29 is 14.7 Å². The lowest BCUT2D eigenvalue weighted by Gasteiger charge is -2.43. The zero-order valence-corrected chi connectivity index (χ0v) is 17.0. The van der Waals surface area contributed by atoms with Crippen LogP contribution in [0.5, 0.6) is 5.75 Å². The number of rotatable bonds is 3. The van der Waals surface area contributed by atoms with Crippen molar-refractivity contribution in [1.82, 2.24) is 0 Å². The Morgan fingerprint density at radius 3 is 2.23 bits per heavy atom. The fourth-order valence-electron chi connectivity index (χ4n) is 4.25. The van der Waals surface area contributed by atoms with Crippen molar-refractivity contribution in [2.24, 2.45) is 0 Å².